The summed E-state index contributed by atoms with van der Waals surface area (Å²) in [7, 11) is 0. The Morgan fingerprint density at radius 2 is 1.82 bits per heavy atom. The van der Waals surface area contributed by atoms with E-state index in [4.69, 9.17) is 0 Å². The Morgan fingerprint density at radius 1 is 1.00 bits per heavy atom. The fourth-order valence-electron chi connectivity index (χ4n) is 3.62. The quantitative estimate of drug-likeness (QED) is 0.554. The van der Waals surface area contributed by atoms with E-state index in [-0.39, 0.29) is 11.9 Å². The summed E-state index contributed by atoms with van der Waals surface area (Å²) in [6.45, 7) is 1.32. The third-order valence-electron chi connectivity index (χ3n) is 5.12. The van der Waals surface area contributed by atoms with Gasteiger partial charge in [-0.2, -0.15) is 0 Å². The standard InChI is InChI=1S/C21H18N6O/c28-21(16-6-7-18-19(12-16)23-10-9-22-18)26-11-8-17(13-26)27-14-20(24-25-27)15-4-2-1-3-5-15/h1-7,9-10,12,14,17H,8,11,13H2. The van der Waals surface area contributed by atoms with Gasteiger partial charge in [-0.1, -0.05) is 35.5 Å². The van der Waals surface area contributed by atoms with Crippen LogP contribution in [0.25, 0.3) is 22.3 Å². The fourth-order valence-corrected chi connectivity index (χ4v) is 3.62. The maximum Gasteiger partial charge on any atom is 0.254 e. The minimum absolute atomic E-state index is 0.0125. The normalized spacial score (nSPS) is 16.6. The van der Waals surface area contributed by atoms with E-state index in [0.717, 1.165) is 28.7 Å². The maximum atomic E-state index is 12.9. The molecule has 0 aliphatic carbocycles. The van der Waals surface area contributed by atoms with Gasteiger partial charge < -0.3 is 4.90 Å². The molecule has 28 heavy (non-hydrogen) atoms. The Kier molecular flexibility index (Phi) is 4.05. The van der Waals surface area contributed by atoms with Crippen LogP contribution in [0.4, 0.5) is 0 Å². The van der Waals surface area contributed by atoms with Crippen molar-refractivity contribution in [2.24, 2.45) is 0 Å². The highest BCUT2D eigenvalue weighted by molar-refractivity contribution is 5.97. The van der Waals surface area contributed by atoms with Gasteiger partial charge in [-0.05, 0) is 24.6 Å². The smallest absolute Gasteiger partial charge is 0.254 e. The molecule has 0 N–H and O–H groups in total. The van der Waals surface area contributed by atoms with Gasteiger partial charge in [0.25, 0.3) is 5.91 Å². The van der Waals surface area contributed by atoms with E-state index in [1.54, 1.807) is 18.5 Å². The summed E-state index contributed by atoms with van der Waals surface area (Å²) in [6, 6.07) is 15.6. The number of carbonyl (C=O) groups is 1. The van der Waals surface area contributed by atoms with E-state index in [2.05, 4.69) is 20.3 Å². The Morgan fingerprint density at radius 3 is 2.68 bits per heavy atom. The lowest BCUT2D eigenvalue weighted by Crippen LogP contribution is -2.29. The third kappa shape index (κ3) is 3.00. The van der Waals surface area contributed by atoms with Crippen LogP contribution in [0, 0.1) is 0 Å². The zero-order valence-electron chi connectivity index (χ0n) is 15.1. The average Bonchev–Trinajstić information content (AvgIpc) is 3.43. The van der Waals surface area contributed by atoms with Gasteiger partial charge in [-0.25, -0.2) is 4.68 Å². The zero-order valence-corrected chi connectivity index (χ0v) is 15.1. The first-order valence-corrected chi connectivity index (χ1v) is 9.25. The van der Waals surface area contributed by atoms with Crippen molar-refractivity contribution < 1.29 is 4.79 Å². The summed E-state index contributed by atoms with van der Waals surface area (Å²) in [6.07, 6.45) is 6.10. The number of benzene rings is 2. The van der Waals surface area contributed by atoms with Crippen molar-refractivity contribution in [3.05, 3.63) is 72.7 Å². The lowest BCUT2D eigenvalue weighted by Gasteiger charge is -2.16. The molecule has 138 valence electrons. The van der Waals surface area contributed by atoms with Crippen LogP contribution in [0.5, 0.6) is 0 Å². The van der Waals surface area contributed by atoms with Crippen molar-refractivity contribution in [3.8, 4) is 11.3 Å². The summed E-state index contributed by atoms with van der Waals surface area (Å²) in [5, 5.41) is 8.58. The molecule has 2 aromatic carbocycles. The van der Waals surface area contributed by atoms with Crippen molar-refractivity contribution >= 4 is 16.9 Å². The van der Waals surface area contributed by atoms with Gasteiger partial charge in [0, 0.05) is 36.6 Å². The maximum absolute atomic E-state index is 12.9. The first-order valence-electron chi connectivity index (χ1n) is 9.25. The molecule has 5 rings (SSSR count). The van der Waals surface area contributed by atoms with Gasteiger partial charge in [0.05, 0.1) is 23.3 Å². The third-order valence-corrected chi connectivity index (χ3v) is 5.12. The van der Waals surface area contributed by atoms with Crippen molar-refractivity contribution in [1.29, 1.82) is 0 Å². The monoisotopic (exact) mass is 370 g/mol. The number of fused-ring (bicyclic) bond motifs is 1. The van der Waals surface area contributed by atoms with Crippen LogP contribution >= 0.6 is 0 Å². The van der Waals surface area contributed by atoms with Crippen LogP contribution in [-0.4, -0.2) is 48.9 Å². The molecule has 1 aliphatic rings. The van der Waals surface area contributed by atoms with Gasteiger partial charge in [0.15, 0.2) is 0 Å². The lowest BCUT2D eigenvalue weighted by molar-refractivity contribution is 0.0787. The molecule has 0 spiro atoms. The van der Waals surface area contributed by atoms with Crippen LogP contribution in [0.15, 0.2) is 67.1 Å². The van der Waals surface area contributed by atoms with E-state index in [1.807, 2.05) is 58.2 Å². The molecular weight excluding hydrogens is 352 g/mol. The molecule has 1 saturated heterocycles. The molecule has 7 nitrogen and oxygen atoms in total. The fraction of sp³-hybridized carbons (Fsp3) is 0.190. The first-order chi connectivity index (χ1) is 13.8. The van der Waals surface area contributed by atoms with E-state index in [9.17, 15) is 4.79 Å². The molecule has 0 saturated carbocycles. The predicted octanol–water partition coefficient (Wildman–Crippen LogP) is 2.98. The Hall–Kier alpha value is -3.61. The van der Waals surface area contributed by atoms with E-state index in [0.29, 0.717) is 18.7 Å². The molecular formula is C21H18N6O. The number of likely N-dealkylation sites (tertiary alicyclic amines) is 1. The van der Waals surface area contributed by atoms with Crippen LogP contribution in [0.2, 0.25) is 0 Å². The van der Waals surface area contributed by atoms with Crippen LogP contribution in [-0.2, 0) is 0 Å². The molecule has 2 aromatic heterocycles. The SMILES string of the molecule is O=C(c1ccc2nccnc2c1)N1CCC(n2cc(-c3ccccc3)nn2)C1. The highest BCUT2D eigenvalue weighted by Gasteiger charge is 2.29. The molecule has 1 unspecified atom stereocenters. The molecule has 1 fully saturated rings. The molecule has 1 atom stereocenters. The second-order valence-corrected chi connectivity index (χ2v) is 6.90. The number of aromatic nitrogens is 5. The van der Waals surface area contributed by atoms with Gasteiger partial charge in [-0.15, -0.1) is 5.10 Å². The molecule has 7 heteroatoms. The molecule has 4 aromatic rings. The lowest BCUT2D eigenvalue weighted by atomic mass is 10.1. The Labute approximate surface area is 161 Å². The number of nitrogens with zero attached hydrogens (tertiary/aromatic N) is 6. The molecule has 0 radical (unpaired) electrons. The minimum atomic E-state index is 0.0125. The molecule has 0 bridgehead atoms. The van der Waals surface area contributed by atoms with Gasteiger partial charge in [0.1, 0.15) is 5.69 Å². The van der Waals surface area contributed by atoms with Crippen molar-refractivity contribution in [2.45, 2.75) is 12.5 Å². The highest BCUT2D eigenvalue weighted by Crippen LogP contribution is 2.25. The van der Waals surface area contributed by atoms with Crippen molar-refractivity contribution in [2.75, 3.05) is 13.1 Å². The van der Waals surface area contributed by atoms with E-state index >= 15 is 0 Å². The number of rotatable bonds is 3. The van der Waals surface area contributed by atoms with Crippen molar-refractivity contribution in [1.82, 2.24) is 29.9 Å². The van der Waals surface area contributed by atoms with Gasteiger partial charge in [-0.3, -0.25) is 14.8 Å². The Bertz CT molecular complexity index is 1140. The van der Waals surface area contributed by atoms with E-state index < -0.39 is 0 Å². The van der Waals surface area contributed by atoms with Gasteiger partial charge in [0.2, 0.25) is 0 Å². The summed E-state index contributed by atoms with van der Waals surface area (Å²) in [5.74, 6) is 0.0125. The molecule has 1 amide bonds. The summed E-state index contributed by atoms with van der Waals surface area (Å²) in [5.41, 5.74) is 4.04. The van der Waals surface area contributed by atoms with Crippen molar-refractivity contribution in [3.63, 3.8) is 0 Å². The number of hydrogen-bond acceptors (Lipinski definition) is 5. The van der Waals surface area contributed by atoms with Crippen LogP contribution < -0.4 is 0 Å². The predicted molar refractivity (Wildman–Crippen MR) is 105 cm³/mol. The summed E-state index contributed by atoms with van der Waals surface area (Å²) in [4.78, 5) is 23.3. The minimum Gasteiger partial charge on any atom is -0.336 e. The van der Waals surface area contributed by atoms with Crippen LogP contribution in [0.1, 0.15) is 22.8 Å². The first kappa shape index (κ1) is 16.6. The van der Waals surface area contributed by atoms with Gasteiger partial charge >= 0.3 is 0 Å². The largest absolute Gasteiger partial charge is 0.336 e. The Balaban J connectivity index is 1.32. The average molecular weight is 370 g/mol. The number of amides is 1. The molecule has 1 aliphatic heterocycles. The van der Waals surface area contributed by atoms with Crippen LogP contribution in [0.3, 0.4) is 0 Å². The number of carbonyl (C=O) groups excluding carboxylic acids is 1. The number of hydrogen-bond donors (Lipinski definition) is 0. The molecule has 3 heterocycles. The summed E-state index contributed by atoms with van der Waals surface area (Å²) < 4.78 is 1.88. The zero-order chi connectivity index (χ0) is 18.9. The summed E-state index contributed by atoms with van der Waals surface area (Å²) >= 11 is 0. The topological polar surface area (TPSA) is 76.8 Å². The highest BCUT2D eigenvalue weighted by atomic mass is 16.2. The van der Waals surface area contributed by atoms with E-state index in [1.165, 1.54) is 0 Å². The second kappa shape index (κ2) is 6.84. The second-order valence-electron chi connectivity index (χ2n) is 6.90.